The lowest BCUT2D eigenvalue weighted by Gasteiger charge is -1.85. The Morgan fingerprint density at radius 1 is 1.75 bits per heavy atom. The fraction of sp³-hybridized carbons (Fsp3) is 0.750. The van der Waals surface area contributed by atoms with Crippen LogP contribution < -0.4 is 5.32 Å². The third-order valence-corrected chi connectivity index (χ3v) is 1.12. The molecule has 0 aromatic heterocycles. The molecule has 1 saturated heterocycles. The van der Waals surface area contributed by atoms with Crippen molar-refractivity contribution in [3.63, 3.8) is 0 Å². The smallest absolute Gasteiger partial charge is 0.294 e. The van der Waals surface area contributed by atoms with Gasteiger partial charge in [-0.25, -0.2) is 5.32 Å². The maximum Gasteiger partial charge on any atom is 0.310 e. The van der Waals surface area contributed by atoms with Crippen molar-refractivity contribution in [2.75, 3.05) is 13.1 Å². The molecule has 0 aliphatic carbocycles. The molecule has 1 unspecified atom stereocenters. The molecular weight excluding hydrogens is 108 g/mol. The average Bonchev–Trinajstić information content (AvgIpc) is 2.14. The number of hydrogen-bond acceptors (Lipinski definition) is 3. The van der Waals surface area contributed by atoms with E-state index < -0.39 is 6.17 Å². The second-order valence-corrected chi connectivity index (χ2v) is 1.68. The summed E-state index contributed by atoms with van der Waals surface area (Å²) in [6.45, 7) is 1.04. The van der Waals surface area contributed by atoms with Crippen LogP contribution >= 0.6 is 0 Å². The van der Waals surface area contributed by atoms with Crippen molar-refractivity contribution in [3.8, 4) is 0 Å². The average molecular weight is 115 g/mol. The number of carbonyl (C=O) groups is 1. The first-order chi connectivity index (χ1) is 3.84. The Morgan fingerprint density at radius 2 is 2.50 bits per heavy atom. The number of nitrogens with zero attached hydrogens (tertiary/aromatic N) is 1. The van der Waals surface area contributed by atoms with Crippen LogP contribution in [0.25, 0.3) is 0 Å². The Hall–Kier alpha value is -0.770. The van der Waals surface area contributed by atoms with Gasteiger partial charge in [0, 0.05) is 9.67 Å². The summed E-state index contributed by atoms with van der Waals surface area (Å²) in [7, 11) is 0. The van der Waals surface area contributed by atoms with Crippen LogP contribution in [0.4, 0.5) is 0 Å². The van der Waals surface area contributed by atoms with E-state index in [9.17, 15) is 9.70 Å². The molecule has 1 heterocycles. The number of hydrogen-bond donors (Lipinski definition) is 1. The standard InChI is InChI=1S/C4H7N2O2/c7-3-4-5-1-2-6(4)8/h3-5H,1-2H2/q+1. The SMILES string of the molecule is O=CC1NCC[N+]1=O. The highest BCUT2D eigenvalue weighted by Gasteiger charge is 2.29. The Labute approximate surface area is 46.4 Å². The minimum absolute atomic E-state index is 0.420. The van der Waals surface area contributed by atoms with E-state index in [1.165, 1.54) is 0 Å². The van der Waals surface area contributed by atoms with E-state index in [0.29, 0.717) is 19.4 Å². The zero-order valence-corrected chi connectivity index (χ0v) is 4.33. The molecule has 4 nitrogen and oxygen atoms in total. The fourth-order valence-corrected chi connectivity index (χ4v) is 0.680. The van der Waals surface area contributed by atoms with Crippen LogP contribution in [0.1, 0.15) is 0 Å². The predicted octanol–water partition coefficient (Wildman–Crippen LogP) is -1.11. The first-order valence-corrected chi connectivity index (χ1v) is 2.47. The van der Waals surface area contributed by atoms with E-state index in [4.69, 9.17) is 0 Å². The summed E-state index contributed by atoms with van der Waals surface area (Å²) in [4.78, 5) is 20.3. The summed E-state index contributed by atoms with van der Waals surface area (Å²) in [5, 5.41) is 2.70. The van der Waals surface area contributed by atoms with E-state index in [-0.39, 0.29) is 0 Å². The largest absolute Gasteiger partial charge is 0.310 e. The lowest BCUT2D eigenvalue weighted by atomic mass is 10.6. The van der Waals surface area contributed by atoms with E-state index >= 15 is 0 Å². The maximum absolute atomic E-state index is 10.4. The molecule has 1 rings (SSSR count). The zero-order valence-electron chi connectivity index (χ0n) is 4.33. The van der Waals surface area contributed by atoms with Crippen molar-refractivity contribution in [2.24, 2.45) is 0 Å². The fourth-order valence-electron chi connectivity index (χ4n) is 0.680. The van der Waals surface area contributed by atoms with Gasteiger partial charge in [-0.1, -0.05) is 0 Å². The van der Waals surface area contributed by atoms with Crippen molar-refractivity contribution in [2.45, 2.75) is 6.17 Å². The molecule has 1 N–H and O–H groups in total. The highest BCUT2D eigenvalue weighted by atomic mass is 16.3. The molecule has 1 atom stereocenters. The molecule has 0 spiro atoms. The van der Waals surface area contributed by atoms with E-state index in [1.54, 1.807) is 0 Å². The van der Waals surface area contributed by atoms with Crippen molar-refractivity contribution in [1.82, 2.24) is 5.32 Å². The molecule has 0 saturated carbocycles. The Kier molecular flexibility index (Phi) is 1.34. The summed E-state index contributed by atoms with van der Waals surface area (Å²) < 4.78 is 0.729. The van der Waals surface area contributed by atoms with Crippen LogP contribution in [0.3, 0.4) is 0 Å². The van der Waals surface area contributed by atoms with Crippen molar-refractivity contribution < 1.29 is 9.55 Å². The molecule has 1 aliphatic heterocycles. The Bertz CT molecular complexity index is 123. The maximum atomic E-state index is 10.4. The normalized spacial score (nSPS) is 28.5. The topological polar surface area (TPSA) is 49.2 Å². The molecule has 0 radical (unpaired) electrons. The summed E-state index contributed by atoms with van der Waals surface area (Å²) in [6.07, 6.45) is 0.0231. The van der Waals surface area contributed by atoms with Crippen LogP contribution in [0.15, 0.2) is 0 Å². The number of carbonyl (C=O) groups excluding carboxylic acids is 1. The monoisotopic (exact) mass is 115 g/mol. The van der Waals surface area contributed by atoms with Gasteiger partial charge in [-0.2, -0.15) is 0 Å². The van der Waals surface area contributed by atoms with Gasteiger partial charge in [0.1, 0.15) is 0 Å². The van der Waals surface area contributed by atoms with Crippen LogP contribution in [-0.2, 0) is 4.79 Å². The molecule has 44 valence electrons. The van der Waals surface area contributed by atoms with Gasteiger partial charge in [-0.05, 0) is 0 Å². The van der Waals surface area contributed by atoms with Gasteiger partial charge in [0.25, 0.3) is 0 Å². The Morgan fingerprint density at radius 3 is 2.75 bits per heavy atom. The molecule has 1 aliphatic rings. The highest BCUT2D eigenvalue weighted by Crippen LogP contribution is 1.88. The minimum Gasteiger partial charge on any atom is -0.294 e. The molecular formula is C4H7N2O2+. The van der Waals surface area contributed by atoms with Crippen LogP contribution in [0.5, 0.6) is 0 Å². The van der Waals surface area contributed by atoms with Crippen LogP contribution in [0.2, 0.25) is 0 Å². The quantitative estimate of drug-likeness (QED) is 0.348. The summed E-state index contributed by atoms with van der Waals surface area (Å²) >= 11 is 0. The molecule has 0 aromatic carbocycles. The predicted molar refractivity (Wildman–Crippen MR) is 26.3 cm³/mol. The minimum atomic E-state index is -0.588. The second kappa shape index (κ2) is 2.00. The van der Waals surface area contributed by atoms with Gasteiger partial charge in [0.15, 0.2) is 0 Å². The van der Waals surface area contributed by atoms with Crippen LogP contribution in [0, 0.1) is 4.91 Å². The number of nitrogens with one attached hydrogen (secondary N) is 1. The van der Waals surface area contributed by atoms with Gasteiger partial charge in [0.2, 0.25) is 12.8 Å². The first kappa shape index (κ1) is 5.37. The van der Waals surface area contributed by atoms with Gasteiger partial charge >= 0.3 is 6.17 Å². The first-order valence-electron chi connectivity index (χ1n) is 2.47. The molecule has 4 heteroatoms. The highest BCUT2D eigenvalue weighted by molar-refractivity contribution is 5.55. The van der Waals surface area contributed by atoms with Gasteiger partial charge in [0.05, 0.1) is 6.54 Å². The van der Waals surface area contributed by atoms with E-state index in [1.807, 2.05) is 0 Å². The third kappa shape index (κ3) is 0.742. The summed E-state index contributed by atoms with van der Waals surface area (Å²) in [6, 6.07) is 0. The molecule has 0 aromatic rings. The molecule has 0 bridgehead atoms. The number of aldehydes is 1. The van der Waals surface area contributed by atoms with Crippen molar-refractivity contribution in [1.29, 1.82) is 0 Å². The van der Waals surface area contributed by atoms with E-state index in [2.05, 4.69) is 5.32 Å². The number of rotatable bonds is 1. The second-order valence-electron chi connectivity index (χ2n) is 1.68. The lowest BCUT2D eigenvalue weighted by molar-refractivity contribution is -0.550. The van der Waals surface area contributed by atoms with Crippen molar-refractivity contribution >= 4 is 6.29 Å². The molecule has 0 amide bonds. The van der Waals surface area contributed by atoms with Gasteiger partial charge < -0.3 is 0 Å². The van der Waals surface area contributed by atoms with Gasteiger partial charge in [-0.3, -0.25) is 4.79 Å². The van der Waals surface area contributed by atoms with E-state index in [0.717, 1.165) is 4.76 Å². The summed E-state index contributed by atoms with van der Waals surface area (Å²) in [5.41, 5.74) is 0. The zero-order chi connectivity index (χ0) is 5.98. The van der Waals surface area contributed by atoms with Crippen molar-refractivity contribution in [3.05, 3.63) is 4.91 Å². The third-order valence-electron chi connectivity index (χ3n) is 1.12. The molecule has 8 heavy (non-hydrogen) atoms. The summed E-state index contributed by atoms with van der Waals surface area (Å²) in [5.74, 6) is 0. The molecule has 1 fully saturated rings. The van der Waals surface area contributed by atoms with Crippen LogP contribution in [-0.4, -0.2) is 30.3 Å². The lowest BCUT2D eigenvalue weighted by Crippen LogP contribution is -2.28. The Balaban J connectivity index is 2.54. The number of nitroso groups, excluding NO2 is 1. The van der Waals surface area contributed by atoms with Gasteiger partial charge in [-0.15, -0.1) is 0 Å².